The maximum atomic E-state index is 5.97. The predicted molar refractivity (Wildman–Crippen MR) is 74.9 cm³/mol. The van der Waals surface area contributed by atoms with Crippen LogP contribution in [0.25, 0.3) is 0 Å². The van der Waals surface area contributed by atoms with E-state index in [1.54, 1.807) is 18.2 Å². The molecule has 0 atom stereocenters. The number of halogens is 2. The number of hydrazone groups is 1. The molecule has 0 unspecified atom stereocenters. The summed E-state index contributed by atoms with van der Waals surface area (Å²) in [4.78, 5) is 7.65. The average molecular weight is 298 g/mol. The predicted octanol–water partition coefficient (Wildman–Crippen LogP) is 1.68. The molecule has 7 nitrogen and oxygen atoms in total. The van der Waals surface area contributed by atoms with Crippen molar-refractivity contribution in [2.24, 2.45) is 15.8 Å². The number of hydrogen-bond donors (Lipinski definition) is 3. The van der Waals surface area contributed by atoms with Gasteiger partial charge in [-0.1, -0.05) is 29.3 Å². The Labute approximate surface area is 118 Å². The fourth-order valence-corrected chi connectivity index (χ4v) is 1.68. The molecule has 0 aliphatic rings. The van der Waals surface area contributed by atoms with Crippen molar-refractivity contribution in [1.82, 2.24) is 20.6 Å². The van der Waals surface area contributed by atoms with Crippen molar-refractivity contribution in [3.63, 3.8) is 0 Å². The van der Waals surface area contributed by atoms with Crippen molar-refractivity contribution in [1.29, 1.82) is 0 Å². The maximum Gasteiger partial charge on any atom is 0.248 e. The van der Waals surface area contributed by atoms with Crippen LogP contribution < -0.4 is 11.2 Å². The molecule has 0 radical (unpaired) electrons. The molecule has 2 aromatic rings. The molecule has 4 N–H and O–H groups in total. The standard InChI is InChI=1S/C10H9Cl2N7/c11-7-2-1-3-8(12)6(7)4-15-18-9(13)17-10-14-5-16-19-10/h1-5H,(H4,13,14,16,17,18,19)/b15-4+. The van der Waals surface area contributed by atoms with E-state index in [1.165, 1.54) is 12.5 Å². The number of hydrogen-bond acceptors (Lipinski definition) is 4. The molecule has 0 aliphatic carbocycles. The van der Waals surface area contributed by atoms with Crippen LogP contribution >= 0.6 is 23.2 Å². The summed E-state index contributed by atoms with van der Waals surface area (Å²) in [6.07, 6.45) is 2.77. The Balaban J connectivity index is 2.04. The second-order valence-electron chi connectivity index (χ2n) is 3.31. The summed E-state index contributed by atoms with van der Waals surface area (Å²) in [5, 5.41) is 11.0. The summed E-state index contributed by atoms with van der Waals surface area (Å²) in [5.74, 6) is 0.326. The van der Waals surface area contributed by atoms with E-state index in [-0.39, 0.29) is 11.9 Å². The summed E-state index contributed by atoms with van der Waals surface area (Å²) < 4.78 is 0. The van der Waals surface area contributed by atoms with Gasteiger partial charge in [-0.15, -0.1) is 0 Å². The van der Waals surface area contributed by atoms with E-state index in [2.05, 4.69) is 30.7 Å². The first-order valence-electron chi connectivity index (χ1n) is 5.09. The van der Waals surface area contributed by atoms with Crippen molar-refractivity contribution in [2.45, 2.75) is 0 Å². The molecule has 0 saturated carbocycles. The van der Waals surface area contributed by atoms with E-state index >= 15 is 0 Å². The normalized spacial score (nSPS) is 12.0. The van der Waals surface area contributed by atoms with Gasteiger partial charge < -0.3 is 5.73 Å². The Morgan fingerprint density at radius 2 is 2.11 bits per heavy atom. The van der Waals surface area contributed by atoms with Gasteiger partial charge in [-0.3, -0.25) is 0 Å². The summed E-state index contributed by atoms with van der Waals surface area (Å²) >= 11 is 11.9. The van der Waals surface area contributed by atoms with E-state index in [1.807, 2.05) is 0 Å². The molecule has 1 heterocycles. The van der Waals surface area contributed by atoms with Crippen LogP contribution in [0.3, 0.4) is 0 Å². The lowest BCUT2D eigenvalue weighted by Crippen LogP contribution is -2.27. The molecular weight excluding hydrogens is 289 g/mol. The summed E-state index contributed by atoms with van der Waals surface area (Å²) in [7, 11) is 0. The third kappa shape index (κ3) is 3.67. The SMILES string of the molecule is N/C(=N\c1ncn[nH]1)N/N=C/c1c(Cl)cccc1Cl. The average Bonchev–Trinajstić information content (AvgIpc) is 2.85. The topological polar surface area (TPSA) is 104 Å². The molecule has 0 fully saturated rings. The van der Waals surface area contributed by atoms with Gasteiger partial charge in [0.15, 0.2) is 0 Å². The number of H-pyrrole nitrogens is 1. The van der Waals surface area contributed by atoms with Gasteiger partial charge in [0, 0.05) is 5.56 Å². The highest BCUT2D eigenvalue weighted by atomic mass is 35.5. The van der Waals surface area contributed by atoms with E-state index < -0.39 is 0 Å². The highest BCUT2D eigenvalue weighted by Crippen LogP contribution is 2.21. The Kier molecular flexibility index (Phi) is 4.32. The van der Waals surface area contributed by atoms with E-state index in [4.69, 9.17) is 28.9 Å². The monoisotopic (exact) mass is 297 g/mol. The Morgan fingerprint density at radius 1 is 1.37 bits per heavy atom. The van der Waals surface area contributed by atoms with Crippen molar-refractivity contribution in [3.8, 4) is 0 Å². The lowest BCUT2D eigenvalue weighted by Gasteiger charge is -2.01. The fourth-order valence-electron chi connectivity index (χ4n) is 1.19. The van der Waals surface area contributed by atoms with Crippen molar-refractivity contribution in [3.05, 3.63) is 40.1 Å². The molecule has 1 aromatic carbocycles. The van der Waals surface area contributed by atoms with E-state index in [9.17, 15) is 0 Å². The third-order valence-electron chi connectivity index (χ3n) is 2.00. The third-order valence-corrected chi connectivity index (χ3v) is 2.66. The smallest absolute Gasteiger partial charge is 0.248 e. The van der Waals surface area contributed by atoms with Gasteiger partial charge in [-0.05, 0) is 12.1 Å². The summed E-state index contributed by atoms with van der Waals surface area (Å²) in [6.45, 7) is 0. The quantitative estimate of drug-likeness (QED) is 0.455. The van der Waals surface area contributed by atoms with Crippen LogP contribution in [-0.4, -0.2) is 27.4 Å². The van der Waals surface area contributed by atoms with Crippen LogP contribution in [0.15, 0.2) is 34.6 Å². The molecular formula is C10H9Cl2N7. The molecule has 0 bridgehead atoms. The molecule has 1 aromatic heterocycles. The summed E-state index contributed by atoms with van der Waals surface area (Å²) in [6, 6.07) is 5.16. The van der Waals surface area contributed by atoms with E-state index in [0.29, 0.717) is 15.6 Å². The van der Waals surface area contributed by atoms with Gasteiger partial charge in [-0.25, -0.2) is 10.5 Å². The maximum absolute atomic E-state index is 5.97. The molecule has 19 heavy (non-hydrogen) atoms. The zero-order valence-electron chi connectivity index (χ0n) is 9.51. The molecule has 98 valence electrons. The largest absolute Gasteiger partial charge is 0.368 e. The van der Waals surface area contributed by atoms with Gasteiger partial charge in [0.05, 0.1) is 16.3 Å². The van der Waals surface area contributed by atoms with Gasteiger partial charge in [0.1, 0.15) is 6.33 Å². The van der Waals surface area contributed by atoms with Crippen molar-refractivity contribution >= 4 is 41.3 Å². The van der Waals surface area contributed by atoms with Crippen molar-refractivity contribution in [2.75, 3.05) is 0 Å². The number of benzene rings is 1. The van der Waals surface area contributed by atoms with Crippen LogP contribution in [-0.2, 0) is 0 Å². The number of guanidine groups is 1. The highest BCUT2D eigenvalue weighted by Gasteiger charge is 2.01. The van der Waals surface area contributed by atoms with Crippen LogP contribution in [0.4, 0.5) is 5.95 Å². The number of nitrogens with one attached hydrogen (secondary N) is 2. The van der Waals surface area contributed by atoms with Gasteiger partial charge in [0.2, 0.25) is 11.9 Å². The lowest BCUT2D eigenvalue weighted by atomic mass is 10.2. The minimum Gasteiger partial charge on any atom is -0.368 e. The molecule has 0 amide bonds. The van der Waals surface area contributed by atoms with E-state index in [0.717, 1.165) is 0 Å². The second-order valence-corrected chi connectivity index (χ2v) is 4.13. The van der Waals surface area contributed by atoms with Gasteiger partial charge in [0.25, 0.3) is 0 Å². The Hall–Kier alpha value is -2.12. The fraction of sp³-hybridized carbons (Fsp3) is 0. The number of aromatic nitrogens is 3. The minimum atomic E-state index is 0.0520. The van der Waals surface area contributed by atoms with Gasteiger partial charge in [-0.2, -0.15) is 20.2 Å². The first-order chi connectivity index (χ1) is 9.16. The zero-order valence-corrected chi connectivity index (χ0v) is 11.0. The van der Waals surface area contributed by atoms with Crippen molar-refractivity contribution < 1.29 is 0 Å². The number of nitrogens with two attached hydrogens (primary N) is 1. The van der Waals surface area contributed by atoms with Crippen LogP contribution in [0, 0.1) is 0 Å². The van der Waals surface area contributed by atoms with Crippen LogP contribution in [0.1, 0.15) is 5.56 Å². The molecule has 0 saturated heterocycles. The first kappa shape index (κ1) is 13.3. The van der Waals surface area contributed by atoms with Crippen LogP contribution in [0.2, 0.25) is 10.0 Å². The molecule has 0 spiro atoms. The highest BCUT2D eigenvalue weighted by molar-refractivity contribution is 6.38. The minimum absolute atomic E-state index is 0.0520. The number of rotatable bonds is 3. The molecule has 9 heteroatoms. The van der Waals surface area contributed by atoms with Gasteiger partial charge >= 0.3 is 0 Å². The zero-order chi connectivity index (χ0) is 13.7. The molecule has 0 aliphatic heterocycles. The number of nitrogens with zero attached hydrogens (tertiary/aromatic N) is 4. The first-order valence-corrected chi connectivity index (χ1v) is 5.85. The number of aliphatic imine (C=N–C) groups is 1. The summed E-state index contributed by atoms with van der Waals surface area (Å²) in [5.41, 5.74) is 8.68. The molecule has 2 rings (SSSR count). The second kappa shape index (κ2) is 6.17. The van der Waals surface area contributed by atoms with Crippen LogP contribution in [0.5, 0.6) is 0 Å². The Bertz CT molecular complexity index is 586. The lowest BCUT2D eigenvalue weighted by molar-refractivity contribution is 1.00. The number of aromatic amines is 1. The Morgan fingerprint density at radius 3 is 2.74 bits per heavy atom.